The van der Waals surface area contributed by atoms with E-state index in [1.807, 2.05) is 90.0 Å². The summed E-state index contributed by atoms with van der Waals surface area (Å²) in [7, 11) is 1.42. The van der Waals surface area contributed by atoms with Crippen molar-refractivity contribution < 1.29 is 52.8 Å². The number of ether oxygens (including phenoxy) is 5. The van der Waals surface area contributed by atoms with Crippen LogP contribution in [0.4, 0.5) is 0 Å². The molecule has 1 N–H and O–H groups in total. The van der Waals surface area contributed by atoms with E-state index in [1.165, 1.54) is 7.11 Å². The molecule has 0 spiro atoms. The van der Waals surface area contributed by atoms with Gasteiger partial charge >= 0.3 is 29.8 Å². The number of carbonyl (C=O) groups excluding carboxylic acids is 5. The fourth-order valence-corrected chi connectivity index (χ4v) is 2.26. The summed E-state index contributed by atoms with van der Waals surface area (Å²) >= 11 is 0. The highest BCUT2D eigenvalue weighted by Gasteiger charge is 2.29. The molecule has 0 radical (unpaired) electrons. The van der Waals surface area contributed by atoms with E-state index in [-0.39, 0.29) is 54.5 Å². The number of aliphatic hydroxyl groups excluding tert-OH is 1. The number of aliphatic hydroxyl groups is 1. The van der Waals surface area contributed by atoms with Crippen LogP contribution in [0.1, 0.15) is 129 Å². The Morgan fingerprint density at radius 1 is 0.633 bits per heavy atom. The van der Waals surface area contributed by atoms with E-state index in [0.29, 0.717) is 25.0 Å². The fourth-order valence-electron chi connectivity index (χ4n) is 2.26. The van der Waals surface area contributed by atoms with Gasteiger partial charge in [-0.05, 0) is 94.4 Å². The fraction of sp³-hybridized carbons (Fsp3) is 0.763. The van der Waals surface area contributed by atoms with Crippen molar-refractivity contribution in [2.75, 3.05) is 33.5 Å². The van der Waals surface area contributed by atoms with Crippen LogP contribution in [0.15, 0.2) is 24.8 Å². The van der Waals surface area contributed by atoms with Crippen LogP contribution < -0.4 is 0 Å². The highest BCUT2D eigenvalue weighted by atomic mass is 16.6. The predicted molar refractivity (Wildman–Crippen MR) is 193 cm³/mol. The van der Waals surface area contributed by atoms with Gasteiger partial charge in [-0.25, -0.2) is 4.79 Å². The van der Waals surface area contributed by atoms with Crippen molar-refractivity contribution in [2.45, 2.75) is 135 Å². The van der Waals surface area contributed by atoms with Crippen LogP contribution in [0.5, 0.6) is 0 Å². The van der Waals surface area contributed by atoms with Crippen molar-refractivity contribution in [3.63, 3.8) is 0 Å². The number of carbonyl (C=O) groups is 5. The second-order valence-electron chi connectivity index (χ2n) is 14.0. The predicted octanol–water partition coefficient (Wildman–Crippen LogP) is 7.57. The molecule has 49 heavy (non-hydrogen) atoms. The lowest BCUT2D eigenvalue weighted by atomic mass is 9.91. The van der Waals surface area contributed by atoms with Gasteiger partial charge in [0, 0.05) is 5.57 Å². The molecule has 11 nitrogen and oxygen atoms in total. The highest BCUT2D eigenvalue weighted by molar-refractivity contribution is 5.87. The molecule has 0 amide bonds. The summed E-state index contributed by atoms with van der Waals surface area (Å²) in [6.45, 7) is 33.5. The van der Waals surface area contributed by atoms with E-state index >= 15 is 0 Å². The Morgan fingerprint density at radius 2 is 0.980 bits per heavy atom. The molecule has 0 saturated carbocycles. The molecule has 0 saturated heterocycles. The standard InChI is InChI=1S/C12H20O4.C10H20O3.C9H16O2.C7H14O2/c1-6-12(4,5)11(14)16-8-7-15-10(13)9(2)3;1-5-8(11)7-13-9(12)10(3,4)6-2;1-5-7-11-8(10)9(3,4)6-2;1-5-7(2,3)6(8)9-4/h2,6-8H2,1,3-5H3;8,11H,5-7H2,1-4H3;5H,1,6-7H2,2-4H3;5H2,1-4H3. The summed E-state index contributed by atoms with van der Waals surface area (Å²) in [5.74, 6) is -1.26. The molecule has 0 aliphatic rings. The minimum Gasteiger partial charge on any atom is -0.469 e. The highest BCUT2D eigenvalue weighted by Crippen LogP contribution is 2.23. The molecule has 0 fully saturated rings. The van der Waals surface area contributed by atoms with Gasteiger partial charge < -0.3 is 28.8 Å². The number of methoxy groups -OCH3 is 1. The second kappa shape index (κ2) is 26.6. The molecule has 1 atom stereocenters. The summed E-state index contributed by atoms with van der Waals surface area (Å²) in [5, 5.41) is 9.17. The van der Waals surface area contributed by atoms with Gasteiger partial charge in [-0.1, -0.05) is 53.9 Å². The van der Waals surface area contributed by atoms with Crippen LogP contribution >= 0.6 is 0 Å². The Hall–Kier alpha value is -3.21. The lowest BCUT2D eigenvalue weighted by Crippen LogP contribution is -2.28. The quantitative estimate of drug-likeness (QED) is 0.0525. The van der Waals surface area contributed by atoms with Gasteiger partial charge in [0.1, 0.15) is 26.4 Å². The number of hydrogen-bond donors (Lipinski definition) is 1. The molecule has 0 aromatic heterocycles. The third-order valence-corrected chi connectivity index (χ3v) is 8.04. The molecule has 288 valence electrons. The Labute approximate surface area is 297 Å². The monoisotopic (exact) mass is 702 g/mol. The first-order chi connectivity index (χ1) is 22.3. The summed E-state index contributed by atoms with van der Waals surface area (Å²) in [4.78, 5) is 55.9. The lowest BCUT2D eigenvalue weighted by Gasteiger charge is -2.21. The van der Waals surface area contributed by atoms with Crippen LogP contribution in [-0.2, 0) is 47.7 Å². The third kappa shape index (κ3) is 25.4. The maximum Gasteiger partial charge on any atom is 0.333 e. The first-order valence-electron chi connectivity index (χ1n) is 17.0. The number of rotatable bonds is 17. The lowest BCUT2D eigenvalue weighted by molar-refractivity contribution is -0.158. The molecular formula is C38H70O11. The Kier molecular flexibility index (Phi) is 28.6. The van der Waals surface area contributed by atoms with Crippen molar-refractivity contribution in [3.05, 3.63) is 24.8 Å². The normalized spacial score (nSPS) is 11.7. The van der Waals surface area contributed by atoms with Gasteiger partial charge in [-0.15, -0.1) is 0 Å². The average Bonchev–Trinajstić information content (AvgIpc) is 3.07. The van der Waals surface area contributed by atoms with Crippen LogP contribution in [-0.4, -0.2) is 74.6 Å². The molecule has 0 heterocycles. The summed E-state index contributed by atoms with van der Waals surface area (Å²) in [6, 6.07) is 0. The van der Waals surface area contributed by atoms with Crippen molar-refractivity contribution in [3.8, 4) is 0 Å². The molecular weight excluding hydrogens is 632 g/mol. The molecule has 0 aliphatic heterocycles. The van der Waals surface area contributed by atoms with Crippen molar-refractivity contribution in [1.29, 1.82) is 0 Å². The zero-order valence-electron chi connectivity index (χ0n) is 33.5. The van der Waals surface area contributed by atoms with Crippen molar-refractivity contribution in [2.24, 2.45) is 21.7 Å². The van der Waals surface area contributed by atoms with E-state index in [9.17, 15) is 24.0 Å². The smallest absolute Gasteiger partial charge is 0.333 e. The summed E-state index contributed by atoms with van der Waals surface area (Å²) in [6.07, 6.45) is 4.72. The maximum atomic E-state index is 11.5. The van der Waals surface area contributed by atoms with E-state index in [0.717, 1.165) is 19.3 Å². The molecule has 1 unspecified atom stereocenters. The molecule has 0 aromatic carbocycles. The van der Waals surface area contributed by atoms with Crippen molar-refractivity contribution in [1.82, 2.24) is 0 Å². The number of esters is 5. The Morgan fingerprint density at radius 3 is 1.29 bits per heavy atom. The molecule has 0 aromatic rings. The van der Waals surface area contributed by atoms with Crippen molar-refractivity contribution >= 4 is 29.8 Å². The van der Waals surface area contributed by atoms with Gasteiger partial charge in [0.15, 0.2) is 0 Å². The second-order valence-corrected chi connectivity index (χ2v) is 14.0. The Balaban J connectivity index is -0.000000281. The first kappa shape index (κ1) is 52.6. The van der Waals surface area contributed by atoms with Crippen LogP contribution in [0.2, 0.25) is 0 Å². The van der Waals surface area contributed by atoms with Gasteiger partial charge in [0.05, 0.1) is 34.9 Å². The Bertz CT molecular complexity index is 1010. The van der Waals surface area contributed by atoms with E-state index in [1.54, 1.807) is 13.0 Å². The van der Waals surface area contributed by atoms with E-state index in [4.69, 9.17) is 24.1 Å². The summed E-state index contributed by atoms with van der Waals surface area (Å²) in [5.41, 5.74) is -1.26. The summed E-state index contributed by atoms with van der Waals surface area (Å²) < 4.78 is 24.2. The SMILES string of the molecule is C=C(C)C(=O)OCCOC(=O)C(C)(C)CC.C=CCOC(=O)C(C)(C)CC.CCC(C)(C)C(=O)OC.CCC(O)COC(=O)C(C)(C)CC. The topological polar surface area (TPSA) is 152 Å². The van der Waals surface area contributed by atoms with E-state index < -0.39 is 22.9 Å². The zero-order chi connectivity index (χ0) is 39.6. The minimum atomic E-state index is -0.531. The minimum absolute atomic E-state index is 0.0667. The van der Waals surface area contributed by atoms with Gasteiger partial charge in [0.2, 0.25) is 0 Å². The molecule has 0 rings (SSSR count). The molecule has 11 heteroatoms. The largest absolute Gasteiger partial charge is 0.469 e. The van der Waals surface area contributed by atoms with Crippen LogP contribution in [0.25, 0.3) is 0 Å². The average molecular weight is 703 g/mol. The van der Waals surface area contributed by atoms with Crippen LogP contribution in [0, 0.1) is 21.7 Å². The molecule has 0 bridgehead atoms. The van der Waals surface area contributed by atoms with Crippen LogP contribution in [0.3, 0.4) is 0 Å². The third-order valence-electron chi connectivity index (χ3n) is 8.04. The number of hydrogen-bond acceptors (Lipinski definition) is 11. The van der Waals surface area contributed by atoms with Gasteiger partial charge in [-0.3, -0.25) is 19.2 Å². The van der Waals surface area contributed by atoms with E-state index in [2.05, 4.69) is 17.9 Å². The first-order valence-corrected chi connectivity index (χ1v) is 17.0. The maximum absolute atomic E-state index is 11.5. The van der Waals surface area contributed by atoms with Gasteiger partial charge in [-0.2, -0.15) is 0 Å². The van der Waals surface area contributed by atoms with Gasteiger partial charge in [0.25, 0.3) is 0 Å². The molecule has 0 aliphatic carbocycles. The zero-order valence-corrected chi connectivity index (χ0v) is 33.5.